The van der Waals surface area contributed by atoms with Gasteiger partial charge in [0, 0.05) is 18.6 Å². The Bertz CT molecular complexity index is 464. The molecule has 2 rings (SSSR count). The Kier molecular flexibility index (Phi) is 5.11. The van der Waals surface area contributed by atoms with Crippen molar-refractivity contribution in [1.29, 1.82) is 0 Å². The van der Waals surface area contributed by atoms with E-state index in [9.17, 15) is 13.2 Å². The molecular formula is C15H20F3NO2. The van der Waals surface area contributed by atoms with Crippen molar-refractivity contribution in [3.63, 3.8) is 0 Å². The summed E-state index contributed by atoms with van der Waals surface area (Å²) in [6.07, 6.45) is -2.24. The molecule has 1 aromatic rings. The maximum Gasteiger partial charge on any atom is 0.411 e. The average Bonchev–Trinajstić information content (AvgIpc) is 2.45. The first-order valence-corrected chi connectivity index (χ1v) is 6.99. The van der Waals surface area contributed by atoms with E-state index in [0.717, 1.165) is 17.7 Å². The first-order valence-electron chi connectivity index (χ1n) is 6.99. The maximum atomic E-state index is 12.0. The van der Waals surface area contributed by atoms with E-state index in [4.69, 9.17) is 10.5 Å². The number of para-hydroxylation sites is 1. The third kappa shape index (κ3) is 4.61. The fourth-order valence-corrected chi connectivity index (χ4v) is 2.61. The molecule has 6 heteroatoms. The fraction of sp³-hybridized carbons (Fsp3) is 0.600. The number of rotatable bonds is 6. The summed E-state index contributed by atoms with van der Waals surface area (Å²) in [6.45, 7) is -0.161. The highest BCUT2D eigenvalue weighted by atomic mass is 19.4. The molecule has 0 bridgehead atoms. The third-order valence-corrected chi connectivity index (χ3v) is 3.77. The van der Waals surface area contributed by atoms with Gasteiger partial charge in [0.05, 0.1) is 6.61 Å². The molecule has 21 heavy (non-hydrogen) atoms. The topological polar surface area (TPSA) is 44.5 Å². The largest absolute Gasteiger partial charge is 0.493 e. The lowest BCUT2D eigenvalue weighted by Crippen LogP contribution is -2.41. The van der Waals surface area contributed by atoms with Gasteiger partial charge in [0.1, 0.15) is 12.4 Å². The Labute approximate surface area is 122 Å². The van der Waals surface area contributed by atoms with Crippen molar-refractivity contribution in [1.82, 2.24) is 0 Å². The Morgan fingerprint density at radius 1 is 1.29 bits per heavy atom. The molecule has 118 valence electrons. The number of ether oxygens (including phenoxy) is 2. The molecule has 0 aliphatic carbocycles. The Balaban J connectivity index is 1.83. The highest BCUT2D eigenvalue weighted by molar-refractivity contribution is 5.36. The zero-order valence-corrected chi connectivity index (χ0v) is 11.8. The summed E-state index contributed by atoms with van der Waals surface area (Å²) in [5, 5.41) is 0. The van der Waals surface area contributed by atoms with Crippen LogP contribution in [-0.4, -0.2) is 32.5 Å². The van der Waals surface area contributed by atoms with Crippen molar-refractivity contribution in [2.24, 2.45) is 11.1 Å². The summed E-state index contributed by atoms with van der Waals surface area (Å²) in [5.74, 6) is 0.870. The van der Waals surface area contributed by atoms with Crippen molar-refractivity contribution in [3.05, 3.63) is 29.8 Å². The molecule has 0 radical (unpaired) electrons. The van der Waals surface area contributed by atoms with Gasteiger partial charge in [-0.05, 0) is 30.9 Å². The van der Waals surface area contributed by atoms with Crippen LogP contribution in [0, 0.1) is 5.41 Å². The summed E-state index contributed by atoms with van der Waals surface area (Å²) < 4.78 is 46.3. The van der Waals surface area contributed by atoms with Crippen LogP contribution < -0.4 is 10.5 Å². The van der Waals surface area contributed by atoms with Gasteiger partial charge in [-0.3, -0.25) is 0 Å². The number of hydrogen-bond donors (Lipinski definition) is 1. The smallest absolute Gasteiger partial charge is 0.411 e. The molecule has 0 spiro atoms. The number of benzene rings is 1. The highest BCUT2D eigenvalue weighted by Gasteiger charge is 2.34. The molecule has 3 nitrogen and oxygen atoms in total. The van der Waals surface area contributed by atoms with E-state index in [-0.39, 0.29) is 12.0 Å². The lowest BCUT2D eigenvalue weighted by Gasteiger charge is -2.37. The quantitative estimate of drug-likeness (QED) is 0.822. The number of fused-ring (bicyclic) bond motifs is 1. The van der Waals surface area contributed by atoms with Gasteiger partial charge in [-0.1, -0.05) is 18.2 Å². The van der Waals surface area contributed by atoms with E-state index in [1.54, 1.807) is 0 Å². The molecule has 1 aliphatic rings. The van der Waals surface area contributed by atoms with Crippen LogP contribution >= 0.6 is 0 Å². The van der Waals surface area contributed by atoms with Crippen LogP contribution in [0.5, 0.6) is 5.75 Å². The van der Waals surface area contributed by atoms with Crippen molar-refractivity contribution in [3.8, 4) is 5.75 Å². The van der Waals surface area contributed by atoms with Gasteiger partial charge in [-0.25, -0.2) is 0 Å². The maximum absolute atomic E-state index is 12.0. The number of nitrogens with two attached hydrogens (primary N) is 1. The second kappa shape index (κ2) is 6.66. The molecule has 0 amide bonds. The molecule has 0 saturated heterocycles. The summed E-state index contributed by atoms with van der Waals surface area (Å²) in [6, 6.07) is 7.78. The molecule has 0 aromatic heterocycles. The zero-order valence-electron chi connectivity index (χ0n) is 11.8. The highest BCUT2D eigenvalue weighted by Crippen LogP contribution is 2.37. The normalized spacial score (nSPS) is 21.7. The first-order chi connectivity index (χ1) is 9.94. The predicted molar refractivity (Wildman–Crippen MR) is 73.2 cm³/mol. The van der Waals surface area contributed by atoms with Crippen LogP contribution in [0.25, 0.3) is 0 Å². The number of hydrogen-bond acceptors (Lipinski definition) is 3. The molecule has 1 aromatic carbocycles. The summed E-state index contributed by atoms with van der Waals surface area (Å²) >= 11 is 0. The number of halogens is 3. The fourth-order valence-electron chi connectivity index (χ4n) is 2.61. The number of alkyl halides is 3. The van der Waals surface area contributed by atoms with Crippen molar-refractivity contribution in [2.75, 3.05) is 26.4 Å². The van der Waals surface area contributed by atoms with E-state index in [1.807, 2.05) is 24.3 Å². The van der Waals surface area contributed by atoms with Crippen molar-refractivity contribution >= 4 is 0 Å². The average molecular weight is 303 g/mol. The van der Waals surface area contributed by atoms with Gasteiger partial charge in [0.25, 0.3) is 0 Å². The molecule has 1 atom stereocenters. The predicted octanol–water partition coefficient (Wildman–Crippen LogP) is 2.93. The van der Waals surface area contributed by atoms with Crippen LogP contribution in [0.15, 0.2) is 24.3 Å². The van der Waals surface area contributed by atoms with Crippen LogP contribution in [0.4, 0.5) is 13.2 Å². The standard InChI is InChI=1S/C15H20F3NO2/c16-15(17,18)11-20-7-3-6-14(9-19)8-12-4-1-2-5-13(12)21-10-14/h1-2,4-5H,3,6-11,19H2. The Hall–Kier alpha value is -1.27. The second-order valence-corrected chi connectivity index (χ2v) is 5.55. The SMILES string of the molecule is NCC1(CCCOCC(F)(F)F)COc2ccccc2C1. The molecule has 1 unspecified atom stereocenters. The third-order valence-electron chi connectivity index (χ3n) is 3.77. The van der Waals surface area contributed by atoms with Gasteiger partial charge in [0.2, 0.25) is 0 Å². The van der Waals surface area contributed by atoms with Crippen LogP contribution in [0.2, 0.25) is 0 Å². The molecule has 0 fully saturated rings. The van der Waals surface area contributed by atoms with Crippen LogP contribution in [0.3, 0.4) is 0 Å². The minimum Gasteiger partial charge on any atom is -0.493 e. The Morgan fingerprint density at radius 2 is 2.05 bits per heavy atom. The molecule has 2 N–H and O–H groups in total. The van der Waals surface area contributed by atoms with Crippen LogP contribution in [-0.2, 0) is 11.2 Å². The monoisotopic (exact) mass is 303 g/mol. The van der Waals surface area contributed by atoms with E-state index in [1.165, 1.54) is 0 Å². The van der Waals surface area contributed by atoms with Crippen molar-refractivity contribution < 1.29 is 22.6 Å². The molecule has 0 saturated carbocycles. The van der Waals surface area contributed by atoms with Gasteiger partial charge in [0.15, 0.2) is 0 Å². The summed E-state index contributed by atoms with van der Waals surface area (Å²) in [5.41, 5.74) is 6.77. The second-order valence-electron chi connectivity index (χ2n) is 5.55. The summed E-state index contributed by atoms with van der Waals surface area (Å²) in [7, 11) is 0. The molecular weight excluding hydrogens is 283 g/mol. The lowest BCUT2D eigenvalue weighted by atomic mass is 9.77. The zero-order chi connectivity index (χ0) is 15.3. The van der Waals surface area contributed by atoms with Gasteiger partial charge >= 0.3 is 6.18 Å². The molecule has 1 aliphatic heterocycles. The Morgan fingerprint density at radius 3 is 2.76 bits per heavy atom. The lowest BCUT2D eigenvalue weighted by molar-refractivity contribution is -0.174. The van der Waals surface area contributed by atoms with E-state index < -0.39 is 12.8 Å². The first kappa shape index (κ1) is 16.1. The van der Waals surface area contributed by atoms with Crippen LogP contribution in [0.1, 0.15) is 18.4 Å². The molecule has 1 heterocycles. The van der Waals surface area contributed by atoms with E-state index in [2.05, 4.69) is 4.74 Å². The van der Waals surface area contributed by atoms with Gasteiger partial charge < -0.3 is 15.2 Å². The van der Waals surface area contributed by atoms with E-state index >= 15 is 0 Å². The van der Waals surface area contributed by atoms with Gasteiger partial charge in [-0.2, -0.15) is 13.2 Å². The minimum atomic E-state index is -4.27. The summed E-state index contributed by atoms with van der Waals surface area (Å²) in [4.78, 5) is 0. The van der Waals surface area contributed by atoms with E-state index in [0.29, 0.717) is 26.0 Å². The van der Waals surface area contributed by atoms with Crippen molar-refractivity contribution in [2.45, 2.75) is 25.4 Å². The minimum absolute atomic E-state index is 0.0862. The van der Waals surface area contributed by atoms with Gasteiger partial charge in [-0.15, -0.1) is 0 Å².